The fourth-order valence-electron chi connectivity index (χ4n) is 3.90. The van der Waals surface area contributed by atoms with Gasteiger partial charge < -0.3 is 10.2 Å². The average molecular weight is 435 g/mol. The number of aromatic nitrogens is 1. The second-order valence-electron chi connectivity index (χ2n) is 8.47. The highest BCUT2D eigenvalue weighted by Crippen LogP contribution is 2.26. The summed E-state index contributed by atoms with van der Waals surface area (Å²) in [5, 5.41) is 5.97. The molecule has 0 atom stereocenters. The first-order valence-electron chi connectivity index (χ1n) is 10.8. The number of carbonyl (C=O) groups is 1. The van der Waals surface area contributed by atoms with Crippen LogP contribution in [0.2, 0.25) is 0 Å². The Balaban J connectivity index is 1.38. The normalized spacial score (nSPS) is 15.2. The molecule has 0 spiro atoms. The lowest BCUT2D eigenvalue weighted by molar-refractivity contribution is -0.115. The summed E-state index contributed by atoms with van der Waals surface area (Å²) in [6.07, 6.45) is 0.283. The predicted octanol–water partition coefficient (Wildman–Crippen LogP) is 4.36. The van der Waals surface area contributed by atoms with Crippen molar-refractivity contribution >= 4 is 22.9 Å². The van der Waals surface area contributed by atoms with E-state index < -0.39 is 0 Å². The molecule has 1 saturated heterocycles. The van der Waals surface area contributed by atoms with Crippen LogP contribution in [0.15, 0.2) is 47.8 Å². The largest absolute Gasteiger partial charge is 0.326 e. The molecule has 0 radical (unpaired) electrons. The number of likely N-dealkylation sites (N-methyl/N-ethyl adjacent to an activating group) is 1. The first-order chi connectivity index (χ1) is 15.0. The summed E-state index contributed by atoms with van der Waals surface area (Å²) in [6.45, 7) is 9.50. The number of anilines is 1. The van der Waals surface area contributed by atoms with Crippen molar-refractivity contribution in [3.05, 3.63) is 70.2 Å². The van der Waals surface area contributed by atoms with Gasteiger partial charge in [-0.3, -0.25) is 9.69 Å². The molecule has 5 nitrogen and oxygen atoms in total. The zero-order valence-corrected chi connectivity index (χ0v) is 19.3. The first kappa shape index (κ1) is 21.7. The van der Waals surface area contributed by atoms with Gasteiger partial charge in [-0.1, -0.05) is 35.9 Å². The van der Waals surface area contributed by atoms with E-state index >= 15 is 0 Å². The van der Waals surface area contributed by atoms with Crippen LogP contribution in [0.3, 0.4) is 0 Å². The summed E-state index contributed by atoms with van der Waals surface area (Å²) in [6, 6.07) is 14.7. The van der Waals surface area contributed by atoms with Crippen molar-refractivity contribution in [3.63, 3.8) is 0 Å². The van der Waals surface area contributed by atoms with Crippen molar-refractivity contribution in [2.45, 2.75) is 26.8 Å². The minimum Gasteiger partial charge on any atom is -0.326 e. The molecule has 3 aromatic rings. The van der Waals surface area contributed by atoms with E-state index in [-0.39, 0.29) is 12.3 Å². The van der Waals surface area contributed by atoms with E-state index in [4.69, 9.17) is 4.98 Å². The summed E-state index contributed by atoms with van der Waals surface area (Å²) >= 11 is 1.60. The molecule has 2 heterocycles. The lowest BCUT2D eigenvalue weighted by atomic mass is 10.1. The van der Waals surface area contributed by atoms with Crippen LogP contribution in [-0.2, 0) is 17.8 Å². The molecule has 0 bridgehead atoms. The minimum absolute atomic E-state index is 0.0346. The van der Waals surface area contributed by atoms with Gasteiger partial charge >= 0.3 is 0 Å². The van der Waals surface area contributed by atoms with Gasteiger partial charge in [0.25, 0.3) is 0 Å². The fourth-order valence-corrected chi connectivity index (χ4v) is 4.72. The number of aryl methyl sites for hydroxylation is 2. The van der Waals surface area contributed by atoms with Gasteiger partial charge in [0.15, 0.2) is 0 Å². The van der Waals surface area contributed by atoms with Crippen LogP contribution in [-0.4, -0.2) is 53.9 Å². The van der Waals surface area contributed by atoms with Crippen molar-refractivity contribution < 1.29 is 4.79 Å². The Morgan fingerprint density at radius 1 is 1.10 bits per heavy atom. The molecule has 1 N–H and O–H groups in total. The third-order valence-corrected chi connectivity index (χ3v) is 6.67. The highest BCUT2D eigenvalue weighted by Gasteiger charge is 2.15. The lowest BCUT2D eigenvalue weighted by Gasteiger charge is -2.32. The second-order valence-corrected chi connectivity index (χ2v) is 9.33. The molecule has 2 aromatic carbocycles. The molecule has 4 rings (SSSR count). The molecule has 31 heavy (non-hydrogen) atoms. The highest BCUT2D eigenvalue weighted by molar-refractivity contribution is 7.13. The predicted molar refractivity (Wildman–Crippen MR) is 129 cm³/mol. The molecular formula is C25H30N4OS. The molecule has 162 valence electrons. The van der Waals surface area contributed by atoms with Crippen molar-refractivity contribution in [2.24, 2.45) is 0 Å². The molecule has 0 unspecified atom stereocenters. The topological polar surface area (TPSA) is 48.5 Å². The van der Waals surface area contributed by atoms with Crippen LogP contribution >= 0.6 is 11.3 Å². The van der Waals surface area contributed by atoms with Crippen LogP contribution in [0.5, 0.6) is 0 Å². The third-order valence-electron chi connectivity index (χ3n) is 5.73. The summed E-state index contributed by atoms with van der Waals surface area (Å²) in [5.41, 5.74) is 6.37. The number of hydrogen-bond donors (Lipinski definition) is 1. The van der Waals surface area contributed by atoms with Gasteiger partial charge in [0, 0.05) is 49.4 Å². The van der Waals surface area contributed by atoms with E-state index in [0.29, 0.717) is 0 Å². The van der Waals surface area contributed by atoms with Crippen molar-refractivity contribution in [2.75, 3.05) is 38.5 Å². The van der Waals surface area contributed by atoms with Gasteiger partial charge in [-0.05, 0) is 44.2 Å². The molecule has 0 aliphatic carbocycles. The average Bonchev–Trinajstić information content (AvgIpc) is 3.20. The van der Waals surface area contributed by atoms with Crippen molar-refractivity contribution in [1.29, 1.82) is 0 Å². The lowest BCUT2D eigenvalue weighted by Crippen LogP contribution is -2.43. The van der Waals surface area contributed by atoms with Crippen LogP contribution in [0, 0.1) is 13.8 Å². The van der Waals surface area contributed by atoms with Gasteiger partial charge in [-0.25, -0.2) is 4.98 Å². The third kappa shape index (κ3) is 5.79. The van der Waals surface area contributed by atoms with E-state index in [1.165, 1.54) is 11.1 Å². The SMILES string of the molecule is Cc1ccc(NC(=O)Cc2csc(-c3cccc(CN4CCN(C)CC4)c3)n2)c(C)c1. The molecule has 6 heteroatoms. The number of hydrogen-bond acceptors (Lipinski definition) is 5. The second kappa shape index (κ2) is 9.73. The van der Waals surface area contributed by atoms with E-state index in [1.54, 1.807) is 11.3 Å². The van der Waals surface area contributed by atoms with Crippen LogP contribution < -0.4 is 5.32 Å². The maximum Gasteiger partial charge on any atom is 0.230 e. The number of nitrogens with zero attached hydrogens (tertiary/aromatic N) is 3. The quantitative estimate of drug-likeness (QED) is 0.626. The van der Waals surface area contributed by atoms with Crippen LogP contribution in [0.4, 0.5) is 5.69 Å². The number of thiazole rings is 1. The maximum absolute atomic E-state index is 12.5. The van der Waals surface area contributed by atoms with E-state index in [1.807, 2.05) is 24.4 Å². The Labute approximate surface area is 188 Å². The number of nitrogens with one attached hydrogen (secondary N) is 1. The molecule has 1 aliphatic heterocycles. The molecule has 1 aromatic heterocycles. The number of piperazine rings is 1. The number of carbonyl (C=O) groups excluding carboxylic acids is 1. The summed E-state index contributed by atoms with van der Waals surface area (Å²) < 4.78 is 0. The number of rotatable bonds is 6. The van der Waals surface area contributed by atoms with Crippen molar-refractivity contribution in [3.8, 4) is 10.6 Å². The molecule has 1 amide bonds. The summed E-state index contributed by atoms with van der Waals surface area (Å²) in [4.78, 5) is 22.1. The fraction of sp³-hybridized carbons (Fsp3) is 0.360. The van der Waals surface area contributed by atoms with Crippen LogP contribution in [0.25, 0.3) is 10.6 Å². The Hall–Kier alpha value is -2.54. The maximum atomic E-state index is 12.5. The van der Waals surface area contributed by atoms with Gasteiger partial charge in [0.05, 0.1) is 12.1 Å². The van der Waals surface area contributed by atoms with Crippen molar-refractivity contribution in [1.82, 2.24) is 14.8 Å². The first-order valence-corrected chi connectivity index (χ1v) is 11.7. The Bertz CT molecular complexity index is 1050. The highest BCUT2D eigenvalue weighted by atomic mass is 32.1. The zero-order valence-electron chi connectivity index (χ0n) is 18.5. The summed E-state index contributed by atoms with van der Waals surface area (Å²) in [7, 11) is 2.18. The zero-order chi connectivity index (χ0) is 21.8. The van der Waals surface area contributed by atoms with Gasteiger partial charge in [0.1, 0.15) is 5.01 Å². The molecule has 0 saturated carbocycles. The molecular weight excluding hydrogens is 404 g/mol. The molecule has 1 aliphatic rings. The smallest absolute Gasteiger partial charge is 0.230 e. The summed E-state index contributed by atoms with van der Waals surface area (Å²) in [5.74, 6) is -0.0346. The molecule has 1 fully saturated rings. The van der Waals surface area contributed by atoms with Gasteiger partial charge in [0.2, 0.25) is 5.91 Å². The van der Waals surface area contributed by atoms with E-state index in [9.17, 15) is 4.79 Å². The number of benzene rings is 2. The van der Waals surface area contributed by atoms with E-state index in [2.05, 4.69) is 59.4 Å². The Morgan fingerprint density at radius 3 is 2.68 bits per heavy atom. The van der Waals surface area contributed by atoms with E-state index in [0.717, 1.165) is 60.2 Å². The monoisotopic (exact) mass is 434 g/mol. The van der Waals surface area contributed by atoms with Gasteiger partial charge in [-0.2, -0.15) is 0 Å². The number of amides is 1. The van der Waals surface area contributed by atoms with Gasteiger partial charge in [-0.15, -0.1) is 11.3 Å². The Kier molecular flexibility index (Phi) is 6.80. The Morgan fingerprint density at radius 2 is 1.90 bits per heavy atom. The van der Waals surface area contributed by atoms with Crippen LogP contribution in [0.1, 0.15) is 22.4 Å². The standard InChI is InChI=1S/C25H30N4OS/c1-18-7-8-23(19(2)13-18)27-24(30)15-22-17-31-25(26-22)21-6-4-5-20(14-21)16-29-11-9-28(3)10-12-29/h4-8,13-14,17H,9-12,15-16H2,1-3H3,(H,27,30). The minimum atomic E-state index is -0.0346.